The number of ketones is 1. The molecule has 2 heterocycles. The number of benzene rings is 3. The number of aromatic hydroxyl groups is 1. The Bertz CT molecular complexity index is 1190. The van der Waals surface area contributed by atoms with Crippen LogP contribution < -0.4 is 9.47 Å². The lowest BCUT2D eigenvalue weighted by Gasteiger charge is -2.37. The van der Waals surface area contributed by atoms with Crippen molar-refractivity contribution in [2.45, 2.75) is 37.7 Å². The van der Waals surface area contributed by atoms with Crippen molar-refractivity contribution in [2.75, 3.05) is 0 Å². The highest BCUT2D eigenvalue weighted by Crippen LogP contribution is 2.55. The number of phenolic OH excluding ortho intramolecular Hbond substituents is 1. The maximum absolute atomic E-state index is 13.2. The molecule has 0 saturated carbocycles. The van der Waals surface area contributed by atoms with E-state index in [-0.39, 0.29) is 40.9 Å². The Labute approximate surface area is 180 Å². The molecule has 0 aromatic heterocycles. The van der Waals surface area contributed by atoms with Gasteiger partial charge in [0.25, 0.3) is 0 Å². The fourth-order valence-corrected chi connectivity index (χ4v) is 4.69. The number of rotatable bonds is 3. The molecule has 3 unspecified atom stereocenters. The zero-order valence-corrected chi connectivity index (χ0v) is 17.3. The molecule has 3 aromatic carbocycles. The maximum Gasteiger partial charge on any atom is 0.319 e. The number of carbonyl (C=O) groups is 2. The number of phenols is 1. The molecule has 5 heteroatoms. The third-order valence-electron chi connectivity index (χ3n) is 6.35. The van der Waals surface area contributed by atoms with Gasteiger partial charge in [-0.2, -0.15) is 0 Å². The Kier molecular flexibility index (Phi) is 4.36. The monoisotopic (exact) mass is 414 g/mol. The molecular weight excluding hydrogens is 392 g/mol. The molecule has 3 atom stereocenters. The number of esters is 1. The first-order valence-electron chi connectivity index (χ1n) is 10.3. The standard InChI is InChI=1S/C26H22O5/c1-15(16-9-5-3-6-10-16)21-23-20(30-25(21)29)13-18(27)22-19(28)14-26(2,31-24(22)23)17-11-7-4-8-12-17/h3-13,15,21,27H,14H2,1-2H3. The van der Waals surface area contributed by atoms with Crippen molar-refractivity contribution < 1.29 is 24.2 Å². The van der Waals surface area contributed by atoms with E-state index in [4.69, 9.17) is 9.47 Å². The van der Waals surface area contributed by atoms with E-state index in [1.807, 2.05) is 74.5 Å². The van der Waals surface area contributed by atoms with E-state index in [2.05, 4.69) is 0 Å². The van der Waals surface area contributed by atoms with E-state index in [0.29, 0.717) is 5.56 Å². The summed E-state index contributed by atoms with van der Waals surface area (Å²) in [6, 6.07) is 20.6. The Morgan fingerprint density at radius 1 is 1.03 bits per heavy atom. The third-order valence-corrected chi connectivity index (χ3v) is 6.35. The van der Waals surface area contributed by atoms with E-state index < -0.39 is 17.5 Å². The summed E-state index contributed by atoms with van der Waals surface area (Å²) in [7, 11) is 0. The van der Waals surface area contributed by atoms with Gasteiger partial charge >= 0.3 is 5.97 Å². The predicted octanol–water partition coefficient (Wildman–Crippen LogP) is 5.08. The van der Waals surface area contributed by atoms with Crippen molar-refractivity contribution in [3.63, 3.8) is 0 Å². The molecule has 0 radical (unpaired) electrons. The normalized spacial score (nSPS) is 22.8. The predicted molar refractivity (Wildman–Crippen MR) is 115 cm³/mol. The number of Topliss-reactive ketones (excluding diaryl/α,β-unsaturated/α-hetero) is 1. The second-order valence-corrected chi connectivity index (χ2v) is 8.41. The number of ether oxygens (including phenoxy) is 2. The molecule has 0 fully saturated rings. The quantitative estimate of drug-likeness (QED) is 0.478. The van der Waals surface area contributed by atoms with Crippen LogP contribution in [0.4, 0.5) is 0 Å². The Hall–Kier alpha value is -3.60. The molecule has 2 aliphatic rings. The molecule has 2 aliphatic heterocycles. The fourth-order valence-electron chi connectivity index (χ4n) is 4.69. The maximum atomic E-state index is 13.2. The van der Waals surface area contributed by atoms with Crippen LogP contribution in [0.15, 0.2) is 66.7 Å². The Morgan fingerprint density at radius 3 is 2.35 bits per heavy atom. The summed E-state index contributed by atoms with van der Waals surface area (Å²) in [5.41, 5.74) is 1.56. The molecule has 31 heavy (non-hydrogen) atoms. The van der Waals surface area contributed by atoms with Crippen molar-refractivity contribution in [1.29, 1.82) is 0 Å². The molecule has 0 aliphatic carbocycles. The van der Waals surface area contributed by atoms with Crippen molar-refractivity contribution >= 4 is 11.8 Å². The molecule has 5 nitrogen and oxygen atoms in total. The number of carbonyl (C=O) groups excluding carboxylic acids is 2. The molecule has 156 valence electrons. The summed E-state index contributed by atoms with van der Waals surface area (Å²) in [5.74, 6) is -1.21. The second-order valence-electron chi connectivity index (χ2n) is 8.41. The minimum absolute atomic E-state index is 0.0874. The number of hydrogen-bond donors (Lipinski definition) is 1. The third kappa shape index (κ3) is 3.00. The Morgan fingerprint density at radius 2 is 1.68 bits per heavy atom. The molecule has 0 saturated heterocycles. The van der Waals surface area contributed by atoms with Gasteiger partial charge in [-0.15, -0.1) is 0 Å². The molecule has 1 N–H and O–H groups in total. The van der Waals surface area contributed by atoms with Crippen LogP contribution in [0.5, 0.6) is 17.2 Å². The highest BCUT2D eigenvalue weighted by Gasteiger charge is 2.47. The number of fused-ring (bicyclic) bond motifs is 3. The summed E-state index contributed by atoms with van der Waals surface area (Å²) in [6.45, 7) is 3.81. The fraction of sp³-hybridized carbons (Fsp3) is 0.231. The van der Waals surface area contributed by atoms with E-state index in [9.17, 15) is 14.7 Å². The smallest absolute Gasteiger partial charge is 0.319 e. The summed E-state index contributed by atoms with van der Waals surface area (Å²) < 4.78 is 12.0. The summed E-state index contributed by atoms with van der Waals surface area (Å²) >= 11 is 0. The van der Waals surface area contributed by atoms with Gasteiger partial charge in [-0.05, 0) is 24.0 Å². The molecule has 0 bridgehead atoms. The molecule has 3 aromatic rings. The lowest BCUT2D eigenvalue weighted by molar-refractivity contribution is -0.134. The van der Waals surface area contributed by atoms with Crippen LogP contribution in [0.2, 0.25) is 0 Å². The lowest BCUT2D eigenvalue weighted by atomic mass is 9.79. The minimum Gasteiger partial charge on any atom is -0.507 e. The lowest BCUT2D eigenvalue weighted by Crippen LogP contribution is -2.37. The second kappa shape index (κ2) is 6.98. The molecule has 5 rings (SSSR count). The van der Waals surface area contributed by atoms with Gasteiger partial charge in [-0.3, -0.25) is 9.59 Å². The minimum atomic E-state index is -0.918. The van der Waals surface area contributed by atoms with Crippen LogP contribution >= 0.6 is 0 Å². The summed E-state index contributed by atoms with van der Waals surface area (Å²) in [4.78, 5) is 26.1. The summed E-state index contributed by atoms with van der Waals surface area (Å²) in [5, 5.41) is 10.6. The SMILES string of the molecule is CC(c1ccccc1)C1C(=O)Oc2cc(O)c3c(c21)OC(C)(c1ccccc1)CC3=O. The van der Waals surface area contributed by atoms with Crippen LogP contribution in [-0.2, 0) is 10.4 Å². The largest absolute Gasteiger partial charge is 0.507 e. The van der Waals surface area contributed by atoms with Crippen LogP contribution in [0.1, 0.15) is 59.2 Å². The van der Waals surface area contributed by atoms with Gasteiger partial charge in [0, 0.05) is 6.07 Å². The topological polar surface area (TPSA) is 72.8 Å². The number of hydrogen-bond acceptors (Lipinski definition) is 5. The van der Waals surface area contributed by atoms with Gasteiger partial charge in [0.15, 0.2) is 5.78 Å². The van der Waals surface area contributed by atoms with Gasteiger partial charge in [0.1, 0.15) is 28.4 Å². The van der Waals surface area contributed by atoms with Crippen molar-refractivity contribution in [3.05, 3.63) is 89.0 Å². The van der Waals surface area contributed by atoms with E-state index in [1.165, 1.54) is 6.07 Å². The van der Waals surface area contributed by atoms with Crippen molar-refractivity contribution in [2.24, 2.45) is 0 Å². The van der Waals surface area contributed by atoms with Gasteiger partial charge < -0.3 is 14.6 Å². The first-order valence-corrected chi connectivity index (χ1v) is 10.3. The highest BCUT2D eigenvalue weighted by atomic mass is 16.5. The molecule has 0 spiro atoms. The van der Waals surface area contributed by atoms with Gasteiger partial charge in [-0.1, -0.05) is 67.6 Å². The highest BCUT2D eigenvalue weighted by molar-refractivity contribution is 6.05. The van der Waals surface area contributed by atoms with E-state index in [0.717, 1.165) is 11.1 Å². The summed E-state index contributed by atoms with van der Waals surface area (Å²) in [6.07, 6.45) is 0.0874. The van der Waals surface area contributed by atoms with Gasteiger partial charge in [0.05, 0.1) is 17.9 Å². The van der Waals surface area contributed by atoms with E-state index in [1.54, 1.807) is 0 Å². The molecular formula is C26H22O5. The van der Waals surface area contributed by atoms with Crippen molar-refractivity contribution in [3.8, 4) is 17.2 Å². The van der Waals surface area contributed by atoms with Crippen LogP contribution in [-0.4, -0.2) is 16.9 Å². The van der Waals surface area contributed by atoms with Crippen LogP contribution in [0.25, 0.3) is 0 Å². The van der Waals surface area contributed by atoms with Gasteiger partial charge in [-0.25, -0.2) is 0 Å². The zero-order chi connectivity index (χ0) is 21.8. The molecule has 0 amide bonds. The van der Waals surface area contributed by atoms with Gasteiger partial charge in [0.2, 0.25) is 0 Å². The first kappa shape index (κ1) is 19.4. The Balaban J connectivity index is 1.68. The average Bonchev–Trinajstić information content (AvgIpc) is 3.09. The zero-order valence-electron chi connectivity index (χ0n) is 17.3. The van der Waals surface area contributed by atoms with Crippen LogP contribution in [0.3, 0.4) is 0 Å². The van der Waals surface area contributed by atoms with Crippen molar-refractivity contribution in [1.82, 2.24) is 0 Å². The van der Waals surface area contributed by atoms with E-state index >= 15 is 0 Å². The first-order chi connectivity index (χ1) is 14.9. The average molecular weight is 414 g/mol. The van der Waals surface area contributed by atoms with Crippen LogP contribution in [0, 0.1) is 0 Å².